The van der Waals surface area contributed by atoms with E-state index in [1.54, 1.807) is 0 Å². The molecule has 0 amide bonds. The van der Waals surface area contributed by atoms with E-state index in [9.17, 15) is 4.79 Å². The first-order valence-corrected chi connectivity index (χ1v) is 9.60. The Balaban J connectivity index is 1.30. The SMILES string of the molecule is O=c1oc(CCCOCc2ccccc2)nn1C1=COC=C(C2=CC=CCC2)O1. The van der Waals surface area contributed by atoms with Crippen molar-refractivity contribution in [3.63, 3.8) is 0 Å². The number of ether oxygens (including phenoxy) is 3. The number of aryl methyl sites for hydroxylation is 1. The number of rotatable bonds is 8. The molecule has 2 heterocycles. The van der Waals surface area contributed by atoms with Crippen LogP contribution in [0.2, 0.25) is 0 Å². The molecule has 0 saturated heterocycles. The standard InChI is InChI=1S/C22H22N2O5/c25-22-24(21-16-27-15-19(28-21)18-10-5-2-6-11-18)23-20(29-22)12-7-13-26-14-17-8-3-1-4-9-17/h1-5,8-10,15-16H,6-7,11-14H2. The molecular formula is C22H22N2O5. The molecule has 2 aromatic rings. The molecule has 4 rings (SSSR count). The van der Waals surface area contributed by atoms with Gasteiger partial charge in [0.2, 0.25) is 5.89 Å². The molecule has 1 aromatic heterocycles. The van der Waals surface area contributed by atoms with Gasteiger partial charge in [-0.1, -0.05) is 48.6 Å². The highest BCUT2D eigenvalue weighted by molar-refractivity contribution is 5.42. The van der Waals surface area contributed by atoms with Crippen LogP contribution in [0.5, 0.6) is 0 Å². The molecule has 1 aliphatic heterocycles. The van der Waals surface area contributed by atoms with Crippen molar-refractivity contribution in [1.82, 2.24) is 9.78 Å². The van der Waals surface area contributed by atoms with Gasteiger partial charge in [-0.15, -0.1) is 9.78 Å². The topological polar surface area (TPSA) is 75.7 Å². The first kappa shape index (κ1) is 19.0. The quantitative estimate of drug-likeness (QED) is 0.632. The van der Waals surface area contributed by atoms with Gasteiger partial charge < -0.3 is 18.6 Å². The second-order valence-electron chi connectivity index (χ2n) is 6.65. The Labute approximate surface area is 168 Å². The number of allylic oxidation sites excluding steroid dienone is 4. The minimum Gasteiger partial charge on any atom is -0.463 e. The third kappa shape index (κ3) is 4.94. The summed E-state index contributed by atoms with van der Waals surface area (Å²) in [7, 11) is 0. The molecular weight excluding hydrogens is 372 g/mol. The molecule has 0 spiro atoms. The third-order valence-electron chi connectivity index (χ3n) is 4.48. The van der Waals surface area contributed by atoms with E-state index in [1.165, 1.54) is 12.5 Å². The highest BCUT2D eigenvalue weighted by Gasteiger charge is 2.20. The number of aromatic nitrogens is 2. The smallest absolute Gasteiger partial charge is 0.444 e. The van der Waals surface area contributed by atoms with E-state index in [0.717, 1.165) is 28.7 Å². The van der Waals surface area contributed by atoms with Crippen molar-refractivity contribution in [2.24, 2.45) is 0 Å². The fraction of sp³-hybridized carbons (Fsp3) is 0.273. The van der Waals surface area contributed by atoms with Crippen LogP contribution in [-0.2, 0) is 27.2 Å². The fourth-order valence-electron chi connectivity index (χ4n) is 3.00. The van der Waals surface area contributed by atoms with Gasteiger partial charge in [-0.05, 0) is 30.4 Å². The van der Waals surface area contributed by atoms with Gasteiger partial charge in [-0.3, -0.25) is 0 Å². The van der Waals surface area contributed by atoms with Crippen molar-refractivity contribution in [2.75, 3.05) is 6.61 Å². The van der Waals surface area contributed by atoms with Gasteiger partial charge in [0, 0.05) is 13.0 Å². The Morgan fingerprint density at radius 1 is 1.17 bits per heavy atom. The highest BCUT2D eigenvalue weighted by atomic mass is 16.6. The zero-order valence-corrected chi connectivity index (χ0v) is 16.0. The van der Waals surface area contributed by atoms with E-state index >= 15 is 0 Å². The van der Waals surface area contributed by atoms with Gasteiger partial charge in [0.25, 0.3) is 5.88 Å². The van der Waals surface area contributed by atoms with Crippen LogP contribution in [0.25, 0.3) is 5.88 Å². The Morgan fingerprint density at radius 2 is 2.07 bits per heavy atom. The van der Waals surface area contributed by atoms with Crippen LogP contribution < -0.4 is 5.76 Å². The summed E-state index contributed by atoms with van der Waals surface area (Å²) in [5, 5.41) is 4.22. The molecule has 0 N–H and O–H groups in total. The lowest BCUT2D eigenvalue weighted by molar-refractivity contribution is 0.117. The van der Waals surface area contributed by atoms with Crippen molar-refractivity contribution >= 4 is 5.88 Å². The van der Waals surface area contributed by atoms with Gasteiger partial charge in [-0.25, -0.2) is 4.79 Å². The number of hydrogen-bond donors (Lipinski definition) is 0. The van der Waals surface area contributed by atoms with Crippen LogP contribution in [0.1, 0.15) is 30.7 Å². The van der Waals surface area contributed by atoms with Gasteiger partial charge in [0.15, 0.2) is 12.0 Å². The summed E-state index contributed by atoms with van der Waals surface area (Å²) in [4.78, 5) is 12.2. The predicted molar refractivity (Wildman–Crippen MR) is 106 cm³/mol. The van der Waals surface area contributed by atoms with Gasteiger partial charge in [0.05, 0.1) is 6.61 Å². The summed E-state index contributed by atoms with van der Waals surface area (Å²) in [6.07, 6.45) is 11.8. The molecule has 29 heavy (non-hydrogen) atoms. The lowest BCUT2D eigenvalue weighted by Crippen LogP contribution is -2.19. The largest absolute Gasteiger partial charge is 0.463 e. The van der Waals surface area contributed by atoms with E-state index in [2.05, 4.69) is 11.2 Å². The second kappa shape index (κ2) is 9.25. The minimum atomic E-state index is -0.612. The van der Waals surface area contributed by atoms with E-state index in [-0.39, 0.29) is 5.88 Å². The molecule has 0 radical (unpaired) electrons. The monoisotopic (exact) mass is 394 g/mol. The lowest BCUT2D eigenvalue weighted by Gasteiger charge is -2.18. The summed E-state index contributed by atoms with van der Waals surface area (Å²) in [6, 6.07) is 9.97. The fourth-order valence-corrected chi connectivity index (χ4v) is 3.00. The molecule has 7 nitrogen and oxygen atoms in total. The Kier molecular flexibility index (Phi) is 6.07. The van der Waals surface area contributed by atoms with Crippen LogP contribution in [0.4, 0.5) is 0 Å². The lowest BCUT2D eigenvalue weighted by atomic mass is 10.0. The maximum atomic E-state index is 12.2. The molecule has 0 atom stereocenters. The summed E-state index contributed by atoms with van der Waals surface area (Å²) < 4.78 is 23.1. The van der Waals surface area contributed by atoms with Crippen LogP contribution in [-0.4, -0.2) is 16.4 Å². The van der Waals surface area contributed by atoms with Crippen molar-refractivity contribution < 1.29 is 18.6 Å². The molecule has 150 valence electrons. The second-order valence-corrected chi connectivity index (χ2v) is 6.65. The Morgan fingerprint density at radius 3 is 2.90 bits per heavy atom. The highest BCUT2D eigenvalue weighted by Crippen LogP contribution is 2.27. The van der Waals surface area contributed by atoms with Crippen LogP contribution in [0, 0.1) is 0 Å². The predicted octanol–water partition coefficient (Wildman–Crippen LogP) is 3.91. The van der Waals surface area contributed by atoms with Gasteiger partial charge >= 0.3 is 5.76 Å². The molecule has 0 fully saturated rings. The van der Waals surface area contributed by atoms with Gasteiger partial charge in [-0.2, -0.15) is 0 Å². The zero-order valence-electron chi connectivity index (χ0n) is 16.0. The summed E-state index contributed by atoms with van der Waals surface area (Å²) >= 11 is 0. The molecule has 0 bridgehead atoms. The molecule has 7 heteroatoms. The van der Waals surface area contributed by atoms with Crippen LogP contribution in [0.3, 0.4) is 0 Å². The Hall–Kier alpha value is -3.32. The van der Waals surface area contributed by atoms with Crippen molar-refractivity contribution in [3.8, 4) is 0 Å². The number of nitrogens with zero attached hydrogens (tertiary/aromatic N) is 2. The summed E-state index contributed by atoms with van der Waals surface area (Å²) in [6.45, 7) is 1.10. The van der Waals surface area contributed by atoms with E-state index in [0.29, 0.717) is 37.7 Å². The molecule has 1 aliphatic carbocycles. The average Bonchev–Trinajstić information content (AvgIpc) is 3.15. The van der Waals surface area contributed by atoms with Gasteiger partial charge in [0.1, 0.15) is 6.26 Å². The normalized spacial score (nSPS) is 15.8. The van der Waals surface area contributed by atoms with Crippen molar-refractivity contribution in [2.45, 2.75) is 32.3 Å². The maximum Gasteiger partial charge on any atom is 0.444 e. The molecule has 0 unspecified atom stereocenters. The maximum absolute atomic E-state index is 12.2. The van der Waals surface area contributed by atoms with E-state index in [1.807, 2.05) is 42.5 Å². The summed E-state index contributed by atoms with van der Waals surface area (Å²) in [5.41, 5.74) is 2.13. The Bertz CT molecular complexity index is 1010. The summed E-state index contributed by atoms with van der Waals surface area (Å²) in [5.74, 6) is 0.466. The van der Waals surface area contributed by atoms with Crippen molar-refractivity contribution in [3.05, 3.63) is 94.4 Å². The number of hydrogen-bond acceptors (Lipinski definition) is 6. The first-order valence-electron chi connectivity index (χ1n) is 9.60. The average molecular weight is 394 g/mol. The minimum absolute atomic E-state index is 0.179. The van der Waals surface area contributed by atoms with Crippen LogP contribution in [0.15, 0.2) is 81.6 Å². The molecule has 0 saturated carbocycles. The molecule has 1 aromatic carbocycles. The number of benzene rings is 1. The van der Waals surface area contributed by atoms with Crippen LogP contribution >= 0.6 is 0 Å². The third-order valence-corrected chi connectivity index (χ3v) is 4.48. The zero-order chi connectivity index (χ0) is 19.9. The van der Waals surface area contributed by atoms with E-state index < -0.39 is 5.76 Å². The van der Waals surface area contributed by atoms with E-state index in [4.69, 9.17) is 18.6 Å². The molecule has 2 aliphatic rings. The van der Waals surface area contributed by atoms with Crippen molar-refractivity contribution in [1.29, 1.82) is 0 Å². The first-order chi connectivity index (χ1) is 14.3.